The molecule has 0 spiro atoms. The lowest BCUT2D eigenvalue weighted by molar-refractivity contribution is 0.455. The number of nitrogens with zero attached hydrogens (tertiary/aromatic N) is 3. The smallest absolute Gasteiger partial charge is 0.208 e. The minimum atomic E-state index is 0.584. The number of anilines is 1. The van der Waals surface area contributed by atoms with Gasteiger partial charge in [-0.2, -0.15) is 0 Å². The van der Waals surface area contributed by atoms with Crippen molar-refractivity contribution in [1.82, 2.24) is 10.2 Å². The summed E-state index contributed by atoms with van der Waals surface area (Å²) in [5.41, 5.74) is 0. The van der Waals surface area contributed by atoms with Gasteiger partial charge in [-0.15, -0.1) is 10.2 Å². The zero-order valence-electron chi connectivity index (χ0n) is 8.40. The van der Waals surface area contributed by atoms with Gasteiger partial charge in [-0.3, -0.25) is 0 Å². The Hall–Kier alpha value is -0.160. The van der Waals surface area contributed by atoms with Gasteiger partial charge in [-0.05, 0) is 19.3 Å². The van der Waals surface area contributed by atoms with E-state index in [1.165, 1.54) is 6.42 Å². The molecule has 0 N–H and O–H groups in total. The van der Waals surface area contributed by atoms with Crippen molar-refractivity contribution in [2.45, 2.75) is 25.1 Å². The monoisotopic (exact) mass is 275 g/mol. The second-order valence-corrected chi connectivity index (χ2v) is 6.17. The highest BCUT2D eigenvalue weighted by atomic mass is 79.9. The molecule has 14 heavy (non-hydrogen) atoms. The Morgan fingerprint density at radius 2 is 2.29 bits per heavy atom. The second kappa shape index (κ2) is 4.14. The Bertz CT molecular complexity index is 315. The summed E-state index contributed by atoms with van der Waals surface area (Å²) in [5, 5.41) is 10.3. The van der Waals surface area contributed by atoms with Gasteiger partial charge in [0, 0.05) is 17.9 Å². The maximum Gasteiger partial charge on any atom is 0.208 e. The maximum absolute atomic E-state index is 4.17. The Morgan fingerprint density at radius 1 is 1.50 bits per heavy atom. The third-order valence-electron chi connectivity index (χ3n) is 2.65. The zero-order chi connectivity index (χ0) is 10.1. The molecular formula is C9H14BrN3S. The minimum absolute atomic E-state index is 0.584. The van der Waals surface area contributed by atoms with Gasteiger partial charge in [0.15, 0.2) is 0 Å². The van der Waals surface area contributed by atoms with E-state index in [9.17, 15) is 0 Å². The number of hydrogen-bond donors (Lipinski definition) is 0. The highest BCUT2D eigenvalue weighted by Crippen LogP contribution is 2.28. The number of aromatic nitrogens is 2. The van der Waals surface area contributed by atoms with Crippen molar-refractivity contribution in [2.24, 2.45) is 5.92 Å². The van der Waals surface area contributed by atoms with Gasteiger partial charge >= 0.3 is 0 Å². The first kappa shape index (κ1) is 10.4. The molecule has 1 aromatic rings. The van der Waals surface area contributed by atoms with E-state index in [0.717, 1.165) is 29.1 Å². The van der Waals surface area contributed by atoms with Gasteiger partial charge in [0.05, 0.1) is 0 Å². The summed E-state index contributed by atoms with van der Waals surface area (Å²) in [6.45, 7) is 6.45. The van der Waals surface area contributed by atoms with Gasteiger partial charge in [0.1, 0.15) is 5.01 Å². The van der Waals surface area contributed by atoms with E-state index in [-0.39, 0.29) is 0 Å². The first-order chi connectivity index (χ1) is 6.66. The standard InChI is InChI=1S/C9H14BrN3S/c1-6-3-4-13(5-8(6)10)9-12-11-7(2)14-9/h6,8H,3-5H2,1-2H3. The molecule has 78 valence electrons. The molecule has 3 nitrogen and oxygen atoms in total. The Balaban J connectivity index is 2.06. The molecule has 1 aromatic heterocycles. The lowest BCUT2D eigenvalue weighted by Crippen LogP contribution is -2.40. The summed E-state index contributed by atoms with van der Waals surface area (Å²) in [6.07, 6.45) is 1.23. The van der Waals surface area contributed by atoms with Crippen molar-refractivity contribution < 1.29 is 0 Å². The molecule has 0 amide bonds. The highest BCUT2D eigenvalue weighted by molar-refractivity contribution is 9.09. The Morgan fingerprint density at radius 3 is 2.86 bits per heavy atom. The van der Waals surface area contributed by atoms with Crippen LogP contribution in [0.15, 0.2) is 0 Å². The number of halogens is 1. The third-order valence-corrected chi connectivity index (χ3v) is 4.74. The van der Waals surface area contributed by atoms with Crippen molar-refractivity contribution in [3.63, 3.8) is 0 Å². The van der Waals surface area contributed by atoms with Crippen molar-refractivity contribution >= 4 is 32.4 Å². The van der Waals surface area contributed by atoms with Crippen molar-refractivity contribution in [3.05, 3.63) is 5.01 Å². The van der Waals surface area contributed by atoms with Crippen LogP contribution < -0.4 is 4.90 Å². The van der Waals surface area contributed by atoms with E-state index in [1.807, 2.05) is 6.92 Å². The number of alkyl halides is 1. The average molecular weight is 276 g/mol. The van der Waals surface area contributed by atoms with Crippen LogP contribution in [0.2, 0.25) is 0 Å². The summed E-state index contributed by atoms with van der Waals surface area (Å²) in [7, 11) is 0. The van der Waals surface area contributed by atoms with Crippen LogP contribution in [-0.4, -0.2) is 28.1 Å². The molecule has 0 aliphatic carbocycles. The van der Waals surface area contributed by atoms with Crippen LogP contribution in [0.4, 0.5) is 5.13 Å². The third kappa shape index (κ3) is 2.08. The summed E-state index contributed by atoms with van der Waals surface area (Å²) >= 11 is 5.39. The normalized spacial score (nSPS) is 28.1. The van der Waals surface area contributed by atoms with Crippen molar-refractivity contribution in [2.75, 3.05) is 18.0 Å². The average Bonchev–Trinajstić information content (AvgIpc) is 2.57. The number of hydrogen-bond acceptors (Lipinski definition) is 4. The maximum atomic E-state index is 4.17. The lowest BCUT2D eigenvalue weighted by Gasteiger charge is -2.33. The van der Waals surface area contributed by atoms with E-state index in [4.69, 9.17) is 0 Å². The van der Waals surface area contributed by atoms with E-state index in [1.54, 1.807) is 11.3 Å². The zero-order valence-corrected chi connectivity index (χ0v) is 10.8. The number of piperidine rings is 1. The van der Waals surface area contributed by atoms with Crippen molar-refractivity contribution in [3.8, 4) is 0 Å². The number of aryl methyl sites for hydroxylation is 1. The highest BCUT2D eigenvalue weighted by Gasteiger charge is 2.25. The molecule has 1 fully saturated rings. The Kier molecular flexibility index (Phi) is 3.07. The van der Waals surface area contributed by atoms with Crippen LogP contribution in [-0.2, 0) is 0 Å². The van der Waals surface area contributed by atoms with Crippen LogP contribution in [0.25, 0.3) is 0 Å². The van der Waals surface area contributed by atoms with E-state index in [2.05, 4.69) is 38.0 Å². The van der Waals surface area contributed by atoms with Crippen molar-refractivity contribution in [1.29, 1.82) is 0 Å². The largest absolute Gasteiger partial charge is 0.346 e. The molecule has 2 unspecified atom stereocenters. The molecule has 0 bridgehead atoms. The first-order valence-corrected chi connectivity index (χ1v) is 6.59. The summed E-state index contributed by atoms with van der Waals surface area (Å²) in [4.78, 5) is 2.91. The minimum Gasteiger partial charge on any atom is -0.346 e. The van der Waals surface area contributed by atoms with Gasteiger partial charge < -0.3 is 4.90 Å². The first-order valence-electron chi connectivity index (χ1n) is 4.86. The SMILES string of the molecule is Cc1nnc(N2CCC(C)C(Br)C2)s1. The second-order valence-electron chi connectivity index (χ2n) is 3.83. The fourth-order valence-corrected chi connectivity index (χ4v) is 2.95. The fraction of sp³-hybridized carbons (Fsp3) is 0.778. The van der Waals surface area contributed by atoms with Crippen LogP contribution in [0.1, 0.15) is 18.4 Å². The fourth-order valence-electron chi connectivity index (χ4n) is 1.61. The lowest BCUT2D eigenvalue weighted by atomic mass is 10.00. The molecule has 0 radical (unpaired) electrons. The molecule has 1 saturated heterocycles. The van der Waals surface area contributed by atoms with Gasteiger partial charge in [0.2, 0.25) is 5.13 Å². The van der Waals surface area contributed by atoms with Crippen LogP contribution in [0.5, 0.6) is 0 Å². The topological polar surface area (TPSA) is 29.0 Å². The molecule has 0 aromatic carbocycles. The molecule has 2 atom stereocenters. The summed E-state index contributed by atoms with van der Waals surface area (Å²) < 4.78 is 0. The number of rotatable bonds is 1. The molecule has 2 rings (SSSR count). The predicted octanol–water partition coefficient (Wildman–Crippen LogP) is 2.46. The van der Waals surface area contributed by atoms with Gasteiger partial charge in [-0.25, -0.2) is 0 Å². The van der Waals surface area contributed by atoms with E-state index < -0.39 is 0 Å². The molecule has 0 saturated carbocycles. The van der Waals surface area contributed by atoms with Gasteiger partial charge in [0.25, 0.3) is 0 Å². The molecule has 5 heteroatoms. The quantitative estimate of drug-likeness (QED) is 0.738. The molecule has 1 aliphatic heterocycles. The molecule has 1 aliphatic rings. The van der Waals surface area contributed by atoms with E-state index >= 15 is 0 Å². The Labute approximate surface area is 96.7 Å². The summed E-state index contributed by atoms with van der Waals surface area (Å²) in [5.74, 6) is 0.764. The predicted molar refractivity (Wildman–Crippen MR) is 63.4 cm³/mol. The van der Waals surface area contributed by atoms with Gasteiger partial charge in [-0.1, -0.05) is 34.2 Å². The van der Waals surface area contributed by atoms with Crippen LogP contribution in [0.3, 0.4) is 0 Å². The van der Waals surface area contributed by atoms with E-state index in [0.29, 0.717) is 4.83 Å². The molecule has 2 heterocycles. The van der Waals surface area contributed by atoms with Crippen LogP contribution in [0, 0.1) is 12.8 Å². The van der Waals surface area contributed by atoms with Crippen LogP contribution >= 0.6 is 27.3 Å². The molecular weight excluding hydrogens is 262 g/mol. The summed E-state index contributed by atoms with van der Waals surface area (Å²) in [6, 6.07) is 0.